The van der Waals surface area contributed by atoms with E-state index < -0.39 is 0 Å². The van der Waals surface area contributed by atoms with E-state index in [0.29, 0.717) is 23.7 Å². The van der Waals surface area contributed by atoms with Crippen LogP contribution in [0.1, 0.15) is 44.1 Å². The normalized spacial score (nSPS) is 30.5. The van der Waals surface area contributed by atoms with Crippen LogP contribution in [0.15, 0.2) is 30.5 Å². The number of benzene rings is 1. The fourth-order valence-corrected chi connectivity index (χ4v) is 5.18. The minimum atomic E-state index is -0.204. The van der Waals surface area contributed by atoms with E-state index in [-0.39, 0.29) is 17.0 Å². The summed E-state index contributed by atoms with van der Waals surface area (Å²) in [6.45, 7) is 1.96. The molecule has 3 unspecified atom stereocenters. The summed E-state index contributed by atoms with van der Waals surface area (Å²) in [5.41, 5.74) is 2.09. The highest BCUT2D eigenvalue weighted by atomic mass is 35.5. The van der Waals surface area contributed by atoms with E-state index in [1.54, 1.807) is 12.1 Å². The Morgan fingerprint density at radius 3 is 2.58 bits per heavy atom. The monoisotopic (exact) mass is 345 g/mol. The van der Waals surface area contributed by atoms with Gasteiger partial charge in [0.05, 0.1) is 5.52 Å². The fourth-order valence-electron chi connectivity index (χ4n) is 5.01. The number of carbonyl (C=O) groups excluding carboxylic acids is 1. The summed E-state index contributed by atoms with van der Waals surface area (Å²) in [5, 5.41) is 0.746. The maximum atomic E-state index is 13.7. The molecule has 4 rings (SSSR count). The van der Waals surface area contributed by atoms with Crippen molar-refractivity contribution >= 4 is 27.7 Å². The van der Waals surface area contributed by atoms with Crippen LogP contribution in [0.5, 0.6) is 0 Å². The third kappa shape index (κ3) is 2.73. The number of hydrogen-bond donors (Lipinski definition) is 0. The van der Waals surface area contributed by atoms with Crippen molar-refractivity contribution in [3.05, 3.63) is 41.8 Å². The maximum Gasteiger partial charge on any atom is 0.224 e. The van der Waals surface area contributed by atoms with Gasteiger partial charge in [-0.3, -0.25) is 9.78 Å². The molecule has 126 valence electrons. The van der Waals surface area contributed by atoms with Gasteiger partial charge in [0.1, 0.15) is 5.82 Å². The highest BCUT2D eigenvalue weighted by molar-refractivity contribution is 6.63. The van der Waals surface area contributed by atoms with Gasteiger partial charge < -0.3 is 0 Å². The predicted molar refractivity (Wildman–Crippen MR) is 93.4 cm³/mol. The maximum absolute atomic E-state index is 13.7. The zero-order chi connectivity index (χ0) is 16.8. The summed E-state index contributed by atoms with van der Waals surface area (Å²) < 4.78 is 13.7. The lowest BCUT2D eigenvalue weighted by Crippen LogP contribution is -2.15. The molecule has 0 N–H and O–H groups in total. The summed E-state index contributed by atoms with van der Waals surface area (Å²) in [7, 11) is 0. The number of rotatable bonds is 3. The molecule has 2 aliphatic carbocycles. The van der Waals surface area contributed by atoms with Crippen molar-refractivity contribution in [1.82, 2.24) is 4.98 Å². The second kappa shape index (κ2) is 6.11. The minimum absolute atomic E-state index is 0.0356. The van der Waals surface area contributed by atoms with Crippen molar-refractivity contribution in [2.24, 2.45) is 23.7 Å². The molecule has 0 spiro atoms. The molecule has 1 aromatic heterocycles. The number of halogens is 2. The van der Waals surface area contributed by atoms with Crippen molar-refractivity contribution in [2.45, 2.75) is 38.5 Å². The van der Waals surface area contributed by atoms with Crippen LogP contribution >= 0.6 is 11.6 Å². The zero-order valence-electron chi connectivity index (χ0n) is 13.7. The van der Waals surface area contributed by atoms with E-state index in [1.807, 2.05) is 13.1 Å². The van der Waals surface area contributed by atoms with E-state index in [9.17, 15) is 9.18 Å². The smallest absolute Gasteiger partial charge is 0.224 e. The quantitative estimate of drug-likeness (QED) is 0.707. The summed E-state index contributed by atoms with van der Waals surface area (Å²) >= 11 is 5.69. The molecular weight excluding hydrogens is 325 g/mol. The summed E-state index contributed by atoms with van der Waals surface area (Å²) in [5.74, 6) is 1.98. The first kappa shape index (κ1) is 16.0. The topological polar surface area (TPSA) is 30.0 Å². The van der Waals surface area contributed by atoms with Gasteiger partial charge in [-0.1, -0.05) is 6.92 Å². The van der Waals surface area contributed by atoms with Crippen molar-refractivity contribution in [2.75, 3.05) is 0 Å². The molecule has 1 aromatic carbocycles. The molecule has 2 saturated carbocycles. The van der Waals surface area contributed by atoms with E-state index in [0.717, 1.165) is 36.6 Å². The van der Waals surface area contributed by atoms with Crippen LogP contribution in [0, 0.1) is 29.5 Å². The molecule has 0 aliphatic heterocycles. The first-order valence-corrected chi connectivity index (χ1v) is 9.14. The van der Waals surface area contributed by atoms with Crippen molar-refractivity contribution in [3.63, 3.8) is 0 Å². The molecule has 2 nitrogen and oxygen atoms in total. The lowest BCUT2D eigenvalue weighted by Gasteiger charge is -2.19. The molecule has 0 saturated heterocycles. The summed E-state index contributed by atoms with van der Waals surface area (Å²) in [4.78, 5) is 15.8. The Morgan fingerprint density at radius 1 is 1.21 bits per heavy atom. The zero-order valence-corrected chi connectivity index (χ0v) is 14.5. The summed E-state index contributed by atoms with van der Waals surface area (Å²) in [6, 6.07) is 6.89. The second-order valence-corrected chi connectivity index (χ2v) is 7.95. The van der Waals surface area contributed by atoms with Crippen molar-refractivity contribution < 1.29 is 9.18 Å². The highest BCUT2D eigenvalue weighted by Gasteiger charge is 2.44. The van der Waals surface area contributed by atoms with Gasteiger partial charge in [0.15, 0.2) is 0 Å². The molecule has 2 aliphatic rings. The van der Waals surface area contributed by atoms with Crippen LogP contribution in [-0.4, -0.2) is 10.2 Å². The number of fused-ring (bicyclic) bond motifs is 2. The van der Waals surface area contributed by atoms with E-state index in [4.69, 9.17) is 11.6 Å². The number of nitrogens with zero attached hydrogens (tertiary/aromatic N) is 1. The number of carbonyl (C=O) groups is 1. The minimum Gasteiger partial charge on any atom is -0.281 e. The number of pyridine rings is 1. The lowest BCUT2D eigenvalue weighted by atomic mass is 9.87. The van der Waals surface area contributed by atoms with Crippen LogP contribution in [0.2, 0.25) is 0 Å². The largest absolute Gasteiger partial charge is 0.281 e. The Kier molecular flexibility index (Phi) is 4.07. The Bertz CT molecular complexity index is 778. The van der Waals surface area contributed by atoms with Gasteiger partial charge in [-0.2, -0.15) is 0 Å². The van der Waals surface area contributed by atoms with E-state index >= 15 is 0 Å². The average molecular weight is 346 g/mol. The number of aromatic nitrogens is 1. The molecule has 1 heterocycles. The van der Waals surface area contributed by atoms with Gasteiger partial charge in [0.25, 0.3) is 0 Å². The van der Waals surface area contributed by atoms with Gasteiger partial charge in [-0.15, -0.1) is 0 Å². The van der Waals surface area contributed by atoms with Gasteiger partial charge in [-0.25, -0.2) is 4.39 Å². The number of hydrogen-bond acceptors (Lipinski definition) is 2. The molecular formula is C20H21ClFNO. The Labute approximate surface area is 146 Å². The molecule has 0 bridgehead atoms. The van der Waals surface area contributed by atoms with Gasteiger partial charge in [0, 0.05) is 17.5 Å². The second-order valence-electron chi connectivity index (χ2n) is 7.57. The summed E-state index contributed by atoms with van der Waals surface area (Å²) in [6.07, 6.45) is 6.27. The molecule has 24 heavy (non-hydrogen) atoms. The third-order valence-electron chi connectivity index (χ3n) is 6.29. The standard InChI is InChI=1S/C20H21ClFNO/c1-11(20(21)24)12-6-13-8-15(9-14(13)7-12)17-4-5-23-19-3-2-16(22)10-18(17)19/h2-5,10-15H,6-9H2,1H3/t11?,12?,13-,14?,15+/m0/s1. The van der Waals surface area contributed by atoms with Gasteiger partial charge in [0.2, 0.25) is 5.24 Å². The molecule has 0 amide bonds. The first-order valence-electron chi connectivity index (χ1n) is 8.76. The fraction of sp³-hybridized carbons (Fsp3) is 0.500. The highest BCUT2D eigenvalue weighted by Crippen LogP contribution is 2.54. The van der Waals surface area contributed by atoms with Crippen LogP contribution in [-0.2, 0) is 4.79 Å². The van der Waals surface area contributed by atoms with Gasteiger partial charge >= 0.3 is 0 Å². The molecule has 5 atom stereocenters. The molecule has 0 radical (unpaired) electrons. The van der Waals surface area contributed by atoms with Crippen LogP contribution in [0.25, 0.3) is 10.9 Å². The third-order valence-corrected chi connectivity index (χ3v) is 6.64. The van der Waals surface area contributed by atoms with Crippen LogP contribution in [0.4, 0.5) is 4.39 Å². The predicted octanol–water partition coefficient (Wildman–Crippen LogP) is 5.30. The Morgan fingerprint density at radius 2 is 1.92 bits per heavy atom. The average Bonchev–Trinajstić information content (AvgIpc) is 3.12. The molecule has 4 heteroatoms. The van der Waals surface area contributed by atoms with Crippen molar-refractivity contribution in [3.8, 4) is 0 Å². The Balaban J connectivity index is 1.56. The Hall–Kier alpha value is -1.48. The molecule has 2 aromatic rings. The first-order chi connectivity index (χ1) is 11.5. The van der Waals surface area contributed by atoms with E-state index in [2.05, 4.69) is 11.1 Å². The van der Waals surface area contributed by atoms with Crippen LogP contribution < -0.4 is 0 Å². The SMILES string of the molecule is CC(C(=O)Cl)C1CC2C[C@H](c3ccnc4ccc(F)cc34)C[C@@H]2C1. The van der Waals surface area contributed by atoms with Gasteiger partial charge in [-0.05, 0) is 90.8 Å². The van der Waals surface area contributed by atoms with Crippen molar-refractivity contribution in [1.29, 1.82) is 0 Å². The van der Waals surface area contributed by atoms with E-state index in [1.165, 1.54) is 11.6 Å². The molecule has 2 fully saturated rings. The lowest BCUT2D eigenvalue weighted by molar-refractivity contribution is -0.116. The van der Waals surface area contributed by atoms with Crippen LogP contribution in [0.3, 0.4) is 0 Å².